The van der Waals surface area contributed by atoms with Gasteiger partial charge in [0.2, 0.25) is 10.0 Å². The van der Waals surface area contributed by atoms with Crippen LogP contribution in [0, 0.1) is 0 Å². The number of ether oxygens (including phenoxy) is 1. The minimum atomic E-state index is -3.71. The highest BCUT2D eigenvalue weighted by atomic mass is 32.2. The van der Waals surface area contributed by atoms with Gasteiger partial charge >= 0.3 is 11.8 Å². The van der Waals surface area contributed by atoms with Gasteiger partial charge in [0.1, 0.15) is 6.10 Å². The van der Waals surface area contributed by atoms with E-state index in [1.165, 1.54) is 29.8 Å². The zero-order valence-corrected chi connectivity index (χ0v) is 16.1. The lowest BCUT2D eigenvalue weighted by atomic mass is 9.94. The van der Waals surface area contributed by atoms with Crippen LogP contribution in [-0.4, -0.2) is 35.1 Å². The van der Waals surface area contributed by atoms with Gasteiger partial charge in [0.25, 0.3) is 0 Å². The average Bonchev–Trinajstić information content (AvgIpc) is 2.97. The quantitative estimate of drug-likeness (QED) is 0.686. The Morgan fingerprint density at radius 2 is 1.89 bits per heavy atom. The third kappa shape index (κ3) is 3.78. The van der Waals surface area contributed by atoms with E-state index < -0.39 is 15.8 Å². The summed E-state index contributed by atoms with van der Waals surface area (Å²) < 4.78 is 40.3. The molecule has 0 bridgehead atoms. The summed E-state index contributed by atoms with van der Waals surface area (Å²) in [4.78, 5) is 19.8. The average molecular weight is 404 g/mol. The van der Waals surface area contributed by atoms with Crippen LogP contribution in [0.5, 0.6) is 6.01 Å². The maximum Gasteiger partial charge on any atom is 0.419 e. The SMILES string of the molecule is Cn1c(=O)oc2ccc(S(=O)(=O)NC3CCC(Oc4ncccn4)CC3)cc21. The van der Waals surface area contributed by atoms with E-state index in [2.05, 4.69) is 14.7 Å². The summed E-state index contributed by atoms with van der Waals surface area (Å²) in [5.74, 6) is -0.529. The molecule has 0 unspecified atom stereocenters. The zero-order chi connectivity index (χ0) is 19.7. The van der Waals surface area contributed by atoms with Crippen LogP contribution < -0.4 is 15.2 Å². The molecule has 1 saturated carbocycles. The van der Waals surface area contributed by atoms with Crippen LogP contribution in [0.2, 0.25) is 0 Å². The number of nitrogens with zero attached hydrogens (tertiary/aromatic N) is 3. The molecule has 28 heavy (non-hydrogen) atoms. The number of hydrogen-bond donors (Lipinski definition) is 1. The molecule has 4 rings (SSSR count). The van der Waals surface area contributed by atoms with Crippen LogP contribution >= 0.6 is 0 Å². The largest absolute Gasteiger partial charge is 0.460 e. The van der Waals surface area contributed by atoms with Crippen LogP contribution in [0.25, 0.3) is 11.1 Å². The van der Waals surface area contributed by atoms with Gasteiger partial charge in [0.15, 0.2) is 5.58 Å². The van der Waals surface area contributed by atoms with E-state index in [4.69, 9.17) is 9.15 Å². The molecule has 2 heterocycles. The van der Waals surface area contributed by atoms with Crippen LogP contribution in [0.15, 0.2) is 50.8 Å². The van der Waals surface area contributed by atoms with Crippen molar-refractivity contribution >= 4 is 21.1 Å². The molecule has 1 fully saturated rings. The number of hydrogen-bond acceptors (Lipinski definition) is 7. The number of benzene rings is 1. The van der Waals surface area contributed by atoms with E-state index in [0.29, 0.717) is 42.8 Å². The molecule has 0 radical (unpaired) electrons. The van der Waals surface area contributed by atoms with E-state index in [9.17, 15) is 13.2 Å². The van der Waals surface area contributed by atoms with Crippen molar-refractivity contribution in [2.24, 2.45) is 7.05 Å². The minimum absolute atomic E-state index is 0.0278. The molecule has 10 heteroatoms. The molecule has 0 saturated heterocycles. The molecule has 1 aromatic carbocycles. The first-order valence-electron chi connectivity index (χ1n) is 8.98. The topological polar surface area (TPSA) is 116 Å². The zero-order valence-electron chi connectivity index (χ0n) is 15.2. The second-order valence-corrected chi connectivity index (χ2v) is 8.51. The van der Waals surface area contributed by atoms with Gasteiger partial charge in [-0.1, -0.05) is 0 Å². The maximum absolute atomic E-state index is 12.8. The summed E-state index contributed by atoms with van der Waals surface area (Å²) in [7, 11) is -2.17. The van der Waals surface area contributed by atoms with Crippen LogP contribution in [0.1, 0.15) is 25.7 Å². The highest BCUT2D eigenvalue weighted by Crippen LogP contribution is 2.24. The fraction of sp³-hybridized carbons (Fsp3) is 0.389. The summed E-state index contributed by atoms with van der Waals surface area (Å²) in [6, 6.07) is 6.27. The van der Waals surface area contributed by atoms with Gasteiger partial charge in [-0.05, 0) is 49.9 Å². The Hall–Kier alpha value is -2.72. The molecule has 9 nitrogen and oxygen atoms in total. The van der Waals surface area contributed by atoms with Gasteiger partial charge < -0.3 is 9.15 Å². The normalized spacial score (nSPS) is 20.3. The molecule has 0 atom stereocenters. The predicted molar refractivity (Wildman–Crippen MR) is 100 cm³/mol. The molecular formula is C18H20N4O5S. The van der Waals surface area contributed by atoms with E-state index in [1.54, 1.807) is 18.5 Å². The highest BCUT2D eigenvalue weighted by Gasteiger charge is 2.27. The second-order valence-electron chi connectivity index (χ2n) is 6.80. The summed E-state index contributed by atoms with van der Waals surface area (Å²) in [6.07, 6.45) is 5.94. The molecule has 0 spiro atoms. The lowest BCUT2D eigenvalue weighted by molar-refractivity contribution is 0.132. The van der Waals surface area contributed by atoms with Gasteiger partial charge in [0.05, 0.1) is 10.4 Å². The van der Waals surface area contributed by atoms with Gasteiger partial charge in [-0.15, -0.1) is 0 Å². The summed E-state index contributed by atoms with van der Waals surface area (Å²) in [5.41, 5.74) is 0.792. The first kappa shape index (κ1) is 18.6. The summed E-state index contributed by atoms with van der Waals surface area (Å²) in [5, 5.41) is 0. The molecule has 3 aromatic rings. The second kappa shape index (κ2) is 7.36. The van der Waals surface area contributed by atoms with Gasteiger partial charge in [-0.25, -0.2) is 27.9 Å². The molecule has 2 aromatic heterocycles. The number of nitrogens with one attached hydrogen (secondary N) is 1. The molecular weight excluding hydrogens is 384 g/mol. The summed E-state index contributed by atoms with van der Waals surface area (Å²) >= 11 is 0. The van der Waals surface area contributed by atoms with Crippen LogP contribution in [0.3, 0.4) is 0 Å². The van der Waals surface area contributed by atoms with Crippen LogP contribution in [0.4, 0.5) is 0 Å². The first-order valence-corrected chi connectivity index (χ1v) is 10.5. The van der Waals surface area contributed by atoms with Crippen molar-refractivity contribution in [2.45, 2.75) is 42.7 Å². The molecule has 1 aliphatic rings. The number of rotatable bonds is 5. The van der Waals surface area contributed by atoms with E-state index in [1.807, 2.05) is 0 Å². The number of sulfonamides is 1. The highest BCUT2D eigenvalue weighted by molar-refractivity contribution is 7.89. The molecule has 0 aliphatic heterocycles. The van der Waals surface area contributed by atoms with E-state index >= 15 is 0 Å². The van der Waals surface area contributed by atoms with Gasteiger partial charge in [0, 0.05) is 25.5 Å². The Labute approximate surface area is 161 Å². The van der Waals surface area contributed by atoms with Crippen molar-refractivity contribution in [3.8, 4) is 6.01 Å². The molecule has 1 aliphatic carbocycles. The van der Waals surface area contributed by atoms with E-state index in [0.717, 1.165) is 0 Å². The number of aromatic nitrogens is 3. The lowest BCUT2D eigenvalue weighted by Crippen LogP contribution is -2.39. The Bertz CT molecular complexity index is 1130. The minimum Gasteiger partial charge on any atom is -0.460 e. The Morgan fingerprint density at radius 1 is 1.18 bits per heavy atom. The molecule has 1 N–H and O–H groups in total. The molecule has 148 valence electrons. The Morgan fingerprint density at radius 3 is 2.61 bits per heavy atom. The van der Waals surface area contributed by atoms with Gasteiger partial charge in [-0.3, -0.25) is 4.57 Å². The Balaban J connectivity index is 1.41. The lowest BCUT2D eigenvalue weighted by Gasteiger charge is -2.28. The van der Waals surface area contributed by atoms with E-state index in [-0.39, 0.29) is 17.0 Å². The third-order valence-corrected chi connectivity index (χ3v) is 6.40. The predicted octanol–water partition coefficient (Wildman–Crippen LogP) is 1.59. The number of oxazole rings is 1. The first-order chi connectivity index (χ1) is 13.4. The smallest absolute Gasteiger partial charge is 0.419 e. The van der Waals surface area contributed by atoms with Crippen molar-refractivity contribution in [3.05, 3.63) is 47.2 Å². The van der Waals surface area contributed by atoms with Crippen molar-refractivity contribution in [2.75, 3.05) is 0 Å². The maximum atomic E-state index is 12.8. The monoisotopic (exact) mass is 404 g/mol. The Kier molecular flexibility index (Phi) is 4.90. The van der Waals surface area contributed by atoms with Crippen molar-refractivity contribution < 1.29 is 17.6 Å². The third-order valence-electron chi connectivity index (χ3n) is 4.88. The van der Waals surface area contributed by atoms with Crippen molar-refractivity contribution in [3.63, 3.8) is 0 Å². The fourth-order valence-corrected chi connectivity index (χ4v) is 4.68. The summed E-state index contributed by atoms with van der Waals surface area (Å²) in [6.45, 7) is 0. The van der Waals surface area contributed by atoms with Gasteiger partial charge in [-0.2, -0.15) is 0 Å². The number of fused-ring (bicyclic) bond motifs is 1. The van der Waals surface area contributed by atoms with Crippen molar-refractivity contribution in [1.29, 1.82) is 0 Å². The fourth-order valence-electron chi connectivity index (χ4n) is 3.35. The van der Waals surface area contributed by atoms with Crippen LogP contribution in [-0.2, 0) is 17.1 Å². The standard InChI is InChI=1S/C18H20N4O5S/c1-22-15-11-14(7-8-16(15)27-18(22)23)28(24,25)21-12-3-5-13(6-4-12)26-17-19-9-2-10-20-17/h2,7-13,21H,3-6H2,1H3. The molecule has 0 amide bonds. The number of aryl methyl sites for hydroxylation is 1. The van der Waals surface area contributed by atoms with Crippen molar-refractivity contribution in [1.82, 2.24) is 19.3 Å².